The Labute approximate surface area is 170 Å². The van der Waals surface area contributed by atoms with Gasteiger partial charge < -0.3 is 4.57 Å². The maximum absolute atomic E-state index is 8.68. The number of hydrogen-bond donors (Lipinski definition) is 0. The van der Waals surface area contributed by atoms with Crippen LogP contribution in [0.1, 0.15) is 9.60 Å². The minimum Gasteiger partial charge on any atom is -0.309 e. The average molecular weight is 405 g/mol. The molecule has 0 N–H and O–H groups in total. The van der Waals surface area contributed by atoms with Crippen molar-refractivity contribution in [2.75, 3.05) is 0 Å². The van der Waals surface area contributed by atoms with Gasteiger partial charge in [0, 0.05) is 20.9 Å². The minimum absolute atomic E-state index is 0.0843. The smallest absolute Gasteiger partial charge is 0.0646 e. The Morgan fingerprint density at radius 1 is 0.731 bits per heavy atom. The van der Waals surface area contributed by atoms with Gasteiger partial charge in [-0.05, 0) is 47.4 Å². The first-order chi connectivity index (χ1) is 15.7. The third-order valence-electron chi connectivity index (χ3n) is 4.34. The fourth-order valence-corrected chi connectivity index (χ4v) is 3.50. The molecule has 0 aliphatic heterocycles. The molecule has 5 rings (SSSR count). The monoisotopic (exact) mass is 404 g/mol. The third-order valence-corrected chi connectivity index (χ3v) is 4.74. The summed E-state index contributed by atoms with van der Waals surface area (Å²) in [4.78, 5) is 0. The van der Waals surface area contributed by atoms with Crippen LogP contribution in [0.5, 0.6) is 0 Å². The van der Waals surface area contributed by atoms with Crippen LogP contribution in [0.15, 0.2) is 101 Å². The van der Waals surface area contributed by atoms with Crippen molar-refractivity contribution in [2.24, 2.45) is 0 Å². The molecule has 124 valence electrons. The van der Waals surface area contributed by atoms with Gasteiger partial charge in [0.2, 0.25) is 0 Å². The van der Waals surface area contributed by atoms with E-state index in [1.54, 1.807) is 10.6 Å². The molecule has 2 heteroatoms. The number of fused-ring (bicyclic) bond motifs is 3. The van der Waals surface area contributed by atoms with Crippen LogP contribution in [0, 0.1) is 0 Å². The molecule has 0 unspecified atom stereocenters. The summed E-state index contributed by atoms with van der Waals surface area (Å²) < 4.78 is 60.9. The summed E-state index contributed by atoms with van der Waals surface area (Å²) in [5, 5.41) is 0.385. The van der Waals surface area contributed by atoms with E-state index in [1.165, 1.54) is 0 Å². The first-order valence-electron chi connectivity index (χ1n) is 11.6. The summed E-state index contributed by atoms with van der Waals surface area (Å²) in [7, 11) is 0. The van der Waals surface area contributed by atoms with Gasteiger partial charge >= 0.3 is 0 Å². The van der Waals surface area contributed by atoms with Crippen LogP contribution in [-0.4, -0.2) is 4.57 Å². The summed E-state index contributed by atoms with van der Waals surface area (Å²) in [6, 6.07) is 15.4. The molecule has 26 heavy (non-hydrogen) atoms. The van der Waals surface area contributed by atoms with Gasteiger partial charge in [-0.3, -0.25) is 0 Å². The Balaban J connectivity index is 2.02. The highest BCUT2D eigenvalue weighted by atomic mass is 79.9. The lowest BCUT2D eigenvalue weighted by molar-refractivity contribution is 1.18. The second kappa shape index (κ2) is 6.15. The van der Waals surface area contributed by atoms with Crippen LogP contribution in [0.25, 0.3) is 38.6 Å². The summed E-state index contributed by atoms with van der Waals surface area (Å²) in [5.41, 5.74) is 2.83. The number of nitrogens with zero attached hydrogens (tertiary/aromatic N) is 1. The van der Waals surface area contributed by atoms with E-state index in [-0.39, 0.29) is 62.5 Å². The molecule has 0 saturated heterocycles. The first-order valence-corrected chi connectivity index (χ1v) is 8.88. The summed E-state index contributed by atoms with van der Waals surface area (Å²) in [5.74, 6) is 0. The molecule has 0 aliphatic carbocycles. The maximum Gasteiger partial charge on any atom is 0.0646 e. The lowest BCUT2D eigenvalue weighted by Gasteiger charge is -2.10. The van der Waals surface area contributed by atoms with Crippen LogP contribution in [0.2, 0.25) is 0 Å². The van der Waals surface area contributed by atoms with E-state index in [4.69, 9.17) is 9.60 Å². The van der Waals surface area contributed by atoms with Gasteiger partial charge in [-0.15, -0.1) is 0 Å². The normalized spacial score (nSPS) is 15.0. The lowest BCUT2D eigenvalue weighted by Crippen LogP contribution is -1.94. The van der Waals surface area contributed by atoms with Gasteiger partial charge in [-0.25, -0.2) is 0 Å². The van der Waals surface area contributed by atoms with Crippen LogP contribution < -0.4 is 0 Å². The molecule has 4 aromatic carbocycles. The molecular weight excluding hydrogens is 382 g/mol. The van der Waals surface area contributed by atoms with Gasteiger partial charge in [0.1, 0.15) is 0 Å². The van der Waals surface area contributed by atoms with Crippen molar-refractivity contribution in [3.63, 3.8) is 0 Å². The fraction of sp³-hybridized carbons (Fsp3) is 0. The molecule has 0 aliphatic rings. The predicted molar refractivity (Wildman–Crippen MR) is 114 cm³/mol. The third kappa shape index (κ3) is 2.46. The molecule has 0 amide bonds. The van der Waals surface area contributed by atoms with Gasteiger partial charge in [0.25, 0.3) is 0 Å². The van der Waals surface area contributed by atoms with Gasteiger partial charge in [-0.2, -0.15) is 0 Å². The molecule has 1 nitrogen and oxygen atoms in total. The largest absolute Gasteiger partial charge is 0.309 e. The zero-order chi connectivity index (χ0) is 23.6. The molecule has 1 aromatic heterocycles. The molecule has 1 heterocycles. The second-order valence-electron chi connectivity index (χ2n) is 5.89. The van der Waals surface area contributed by atoms with E-state index in [2.05, 4.69) is 15.9 Å². The van der Waals surface area contributed by atoms with Crippen LogP contribution >= 0.6 is 15.9 Å². The van der Waals surface area contributed by atoms with Crippen LogP contribution in [-0.2, 0) is 0 Å². The highest BCUT2D eigenvalue weighted by molar-refractivity contribution is 9.10. The van der Waals surface area contributed by atoms with Crippen molar-refractivity contribution in [3.05, 3.63) is 101 Å². The number of para-hydroxylation sites is 1. The van der Waals surface area contributed by atoms with E-state index in [9.17, 15) is 0 Å². The molecule has 0 radical (unpaired) electrons. The van der Waals surface area contributed by atoms with Crippen molar-refractivity contribution in [2.45, 2.75) is 0 Å². The van der Waals surface area contributed by atoms with Gasteiger partial charge in [0.15, 0.2) is 0 Å². The average Bonchev–Trinajstić information content (AvgIpc) is 3.20. The Morgan fingerprint density at radius 3 is 2.38 bits per heavy atom. The second-order valence-corrected chi connectivity index (χ2v) is 6.68. The standard InChI is InChI=1S/C24H16BrN/c25-19-13-14-24-22(16-19)21-11-4-5-12-23(21)26(24)20-10-6-9-18(15-20)17-7-2-1-3-8-17/h1-16H/i4D,5D,11D,12D,13D,14D,16D. The molecule has 0 spiro atoms. The number of rotatable bonds is 2. The summed E-state index contributed by atoms with van der Waals surface area (Å²) in [6.07, 6.45) is 0. The first kappa shape index (κ1) is 9.75. The van der Waals surface area contributed by atoms with E-state index in [0.717, 1.165) is 11.1 Å². The van der Waals surface area contributed by atoms with Crippen LogP contribution in [0.4, 0.5) is 0 Å². The molecule has 0 saturated carbocycles. The Hall–Kier alpha value is -2.84. The van der Waals surface area contributed by atoms with E-state index >= 15 is 0 Å². The quantitative estimate of drug-likeness (QED) is 0.292. The van der Waals surface area contributed by atoms with Crippen molar-refractivity contribution < 1.29 is 9.60 Å². The zero-order valence-corrected chi connectivity index (χ0v) is 15.1. The van der Waals surface area contributed by atoms with E-state index < -0.39 is 6.04 Å². The number of benzene rings is 4. The summed E-state index contributed by atoms with van der Waals surface area (Å²) in [6.45, 7) is 0. The van der Waals surface area contributed by atoms with E-state index in [0.29, 0.717) is 5.69 Å². The predicted octanol–water partition coefficient (Wildman–Crippen LogP) is 7.21. The Bertz CT molecular complexity index is 1520. The Kier molecular flexibility index (Phi) is 2.31. The van der Waals surface area contributed by atoms with Crippen LogP contribution in [0.3, 0.4) is 0 Å². The number of hydrogen-bond acceptors (Lipinski definition) is 0. The Morgan fingerprint density at radius 2 is 1.50 bits per heavy atom. The number of aromatic nitrogens is 1. The summed E-state index contributed by atoms with van der Waals surface area (Å²) >= 11 is 3.22. The minimum atomic E-state index is -0.401. The maximum atomic E-state index is 8.68. The van der Waals surface area contributed by atoms with Crippen molar-refractivity contribution in [3.8, 4) is 16.8 Å². The topological polar surface area (TPSA) is 4.93 Å². The fourth-order valence-electron chi connectivity index (χ4n) is 3.21. The van der Waals surface area contributed by atoms with Crippen molar-refractivity contribution >= 4 is 37.7 Å². The highest BCUT2D eigenvalue weighted by Crippen LogP contribution is 2.34. The van der Waals surface area contributed by atoms with Crippen molar-refractivity contribution in [1.82, 2.24) is 4.57 Å². The SMILES string of the molecule is [2H]c1c([2H])c([2H])c2c(c1[2H])c1c([2H])c(Br)c([2H])c([2H])c1n2-c1cccc(-c2ccccc2)c1. The zero-order valence-electron chi connectivity index (χ0n) is 20.5. The molecule has 0 fully saturated rings. The highest BCUT2D eigenvalue weighted by Gasteiger charge is 2.12. The molecule has 0 atom stereocenters. The van der Waals surface area contributed by atoms with Gasteiger partial charge in [0.05, 0.1) is 20.6 Å². The number of halogens is 1. The van der Waals surface area contributed by atoms with Gasteiger partial charge in [-0.1, -0.05) is 76.5 Å². The van der Waals surface area contributed by atoms with Crippen molar-refractivity contribution in [1.29, 1.82) is 0 Å². The molecule has 5 aromatic rings. The molecular formula is C24H16BrN. The lowest BCUT2D eigenvalue weighted by atomic mass is 10.1. The van der Waals surface area contributed by atoms with E-state index in [1.807, 2.05) is 48.5 Å². The molecule has 0 bridgehead atoms.